The van der Waals surface area contributed by atoms with Gasteiger partial charge in [-0.3, -0.25) is 0 Å². The average Bonchev–Trinajstić information content (AvgIpc) is 2.19. The number of aliphatic hydroxyl groups excluding tert-OH is 1. The predicted octanol–water partition coefficient (Wildman–Crippen LogP) is 2.07. The van der Waals surface area contributed by atoms with Crippen LogP contribution < -0.4 is 5.32 Å². The number of rotatable bonds is 5. The Hall–Kier alpha value is -0.0800. The molecule has 78 valence electrons. The number of hydrogen-bond donors (Lipinski definition) is 2. The molecular weight excluding hydrogens is 162 g/mol. The van der Waals surface area contributed by atoms with Gasteiger partial charge in [-0.15, -0.1) is 0 Å². The van der Waals surface area contributed by atoms with E-state index in [1.165, 1.54) is 32.1 Å². The highest BCUT2D eigenvalue weighted by Crippen LogP contribution is 2.14. The lowest BCUT2D eigenvalue weighted by Crippen LogP contribution is -2.43. The minimum Gasteiger partial charge on any atom is -0.392 e. The van der Waals surface area contributed by atoms with Crippen LogP contribution in [0.4, 0.5) is 0 Å². The second-order valence-electron chi connectivity index (χ2n) is 4.12. The van der Waals surface area contributed by atoms with Gasteiger partial charge >= 0.3 is 0 Å². The van der Waals surface area contributed by atoms with Gasteiger partial charge in [0.05, 0.1) is 6.10 Å². The van der Waals surface area contributed by atoms with E-state index >= 15 is 0 Å². The first-order valence-corrected chi connectivity index (χ1v) is 5.76. The van der Waals surface area contributed by atoms with Crippen LogP contribution in [0.15, 0.2) is 0 Å². The molecule has 13 heavy (non-hydrogen) atoms. The largest absolute Gasteiger partial charge is 0.392 e. The summed E-state index contributed by atoms with van der Waals surface area (Å²) in [6, 6.07) is 0.380. The minimum atomic E-state index is -0.105. The van der Waals surface area contributed by atoms with Crippen molar-refractivity contribution in [3.63, 3.8) is 0 Å². The maximum Gasteiger partial charge on any atom is 0.0693 e. The molecule has 0 aromatic carbocycles. The van der Waals surface area contributed by atoms with E-state index in [4.69, 9.17) is 0 Å². The zero-order valence-electron chi connectivity index (χ0n) is 8.76. The van der Waals surface area contributed by atoms with Gasteiger partial charge in [0, 0.05) is 6.04 Å². The molecule has 1 fully saturated rings. The molecule has 1 aliphatic rings. The molecule has 0 unspecified atom stereocenters. The fourth-order valence-electron chi connectivity index (χ4n) is 2.01. The van der Waals surface area contributed by atoms with E-state index in [1.807, 2.05) is 0 Å². The zero-order chi connectivity index (χ0) is 9.52. The maximum atomic E-state index is 9.84. The minimum absolute atomic E-state index is 0.105. The second-order valence-corrected chi connectivity index (χ2v) is 4.12. The molecule has 0 aliphatic carbocycles. The highest BCUT2D eigenvalue weighted by Gasteiger charge is 2.20. The molecule has 1 heterocycles. The molecule has 2 nitrogen and oxygen atoms in total. The summed E-state index contributed by atoms with van der Waals surface area (Å²) in [7, 11) is 0. The van der Waals surface area contributed by atoms with E-state index in [9.17, 15) is 5.11 Å². The monoisotopic (exact) mass is 185 g/mol. The standard InChI is InChI=1S/C11H23NO/c1-2-3-4-8-11(13)10-7-5-6-9-12-10/h10-13H,2-9H2,1H3/t10-,11-/m1/s1. The Morgan fingerprint density at radius 2 is 2.23 bits per heavy atom. The molecule has 2 heteroatoms. The Bertz CT molecular complexity index is 121. The van der Waals surface area contributed by atoms with Gasteiger partial charge in [0.1, 0.15) is 0 Å². The first-order valence-electron chi connectivity index (χ1n) is 5.76. The Morgan fingerprint density at radius 1 is 1.38 bits per heavy atom. The van der Waals surface area contributed by atoms with Gasteiger partial charge in [-0.05, 0) is 25.8 Å². The molecule has 0 bridgehead atoms. The van der Waals surface area contributed by atoms with Crippen molar-refractivity contribution < 1.29 is 5.11 Å². The lowest BCUT2D eigenvalue weighted by Gasteiger charge is -2.27. The van der Waals surface area contributed by atoms with Crippen LogP contribution in [-0.4, -0.2) is 23.8 Å². The molecule has 1 aliphatic heterocycles. The highest BCUT2D eigenvalue weighted by atomic mass is 16.3. The van der Waals surface area contributed by atoms with Crippen LogP contribution in [-0.2, 0) is 0 Å². The number of piperidine rings is 1. The quantitative estimate of drug-likeness (QED) is 0.643. The molecule has 0 radical (unpaired) electrons. The van der Waals surface area contributed by atoms with Crippen LogP contribution in [0.3, 0.4) is 0 Å². The van der Waals surface area contributed by atoms with E-state index in [1.54, 1.807) is 0 Å². The SMILES string of the molecule is CCCCC[C@@H](O)[C@H]1CCCCN1. The van der Waals surface area contributed by atoms with Gasteiger partial charge < -0.3 is 10.4 Å². The molecule has 1 rings (SSSR count). The van der Waals surface area contributed by atoms with Crippen LogP contribution >= 0.6 is 0 Å². The summed E-state index contributed by atoms with van der Waals surface area (Å²) in [6.07, 6.45) is 8.26. The van der Waals surface area contributed by atoms with Crippen LogP contribution in [0.5, 0.6) is 0 Å². The summed E-state index contributed by atoms with van der Waals surface area (Å²) in [4.78, 5) is 0. The topological polar surface area (TPSA) is 32.3 Å². The molecule has 2 atom stereocenters. The van der Waals surface area contributed by atoms with Crippen molar-refractivity contribution in [2.24, 2.45) is 0 Å². The lowest BCUT2D eigenvalue weighted by molar-refractivity contribution is 0.102. The van der Waals surface area contributed by atoms with Crippen molar-refractivity contribution >= 4 is 0 Å². The summed E-state index contributed by atoms with van der Waals surface area (Å²) in [5, 5.41) is 13.2. The molecule has 0 aromatic heterocycles. The number of hydrogen-bond acceptors (Lipinski definition) is 2. The molecule has 0 spiro atoms. The third kappa shape index (κ3) is 4.10. The molecule has 0 amide bonds. The third-order valence-electron chi connectivity index (χ3n) is 2.92. The molecule has 2 N–H and O–H groups in total. The van der Waals surface area contributed by atoms with Crippen molar-refractivity contribution in [2.75, 3.05) is 6.54 Å². The van der Waals surface area contributed by atoms with Crippen molar-refractivity contribution in [1.82, 2.24) is 5.32 Å². The fraction of sp³-hybridized carbons (Fsp3) is 1.00. The van der Waals surface area contributed by atoms with Crippen LogP contribution in [0.2, 0.25) is 0 Å². The van der Waals surface area contributed by atoms with Crippen molar-refractivity contribution in [3.8, 4) is 0 Å². The number of nitrogens with one attached hydrogen (secondary N) is 1. The van der Waals surface area contributed by atoms with Crippen LogP contribution in [0, 0.1) is 0 Å². The van der Waals surface area contributed by atoms with E-state index < -0.39 is 0 Å². The summed E-state index contributed by atoms with van der Waals surface area (Å²) in [5.41, 5.74) is 0. The van der Waals surface area contributed by atoms with Gasteiger partial charge in [-0.1, -0.05) is 32.6 Å². The smallest absolute Gasteiger partial charge is 0.0693 e. The van der Waals surface area contributed by atoms with E-state index in [-0.39, 0.29) is 6.10 Å². The van der Waals surface area contributed by atoms with E-state index in [0.717, 1.165) is 19.4 Å². The van der Waals surface area contributed by atoms with Gasteiger partial charge in [0.25, 0.3) is 0 Å². The third-order valence-corrected chi connectivity index (χ3v) is 2.92. The summed E-state index contributed by atoms with van der Waals surface area (Å²) < 4.78 is 0. The second kappa shape index (κ2) is 6.39. The van der Waals surface area contributed by atoms with Crippen molar-refractivity contribution in [2.45, 2.75) is 64.0 Å². The van der Waals surface area contributed by atoms with Gasteiger partial charge in [-0.2, -0.15) is 0 Å². The average molecular weight is 185 g/mol. The highest BCUT2D eigenvalue weighted by molar-refractivity contribution is 4.79. The summed E-state index contributed by atoms with van der Waals surface area (Å²) in [5.74, 6) is 0. The molecule has 0 aromatic rings. The van der Waals surface area contributed by atoms with Crippen LogP contribution in [0.25, 0.3) is 0 Å². The van der Waals surface area contributed by atoms with Crippen molar-refractivity contribution in [1.29, 1.82) is 0 Å². The maximum absolute atomic E-state index is 9.84. The molecule has 1 saturated heterocycles. The Morgan fingerprint density at radius 3 is 2.85 bits per heavy atom. The Kier molecular flexibility index (Phi) is 5.40. The first-order chi connectivity index (χ1) is 6.34. The van der Waals surface area contributed by atoms with Crippen LogP contribution in [0.1, 0.15) is 51.9 Å². The zero-order valence-corrected chi connectivity index (χ0v) is 8.76. The molecule has 0 saturated carbocycles. The Labute approximate surface area is 81.7 Å². The van der Waals surface area contributed by atoms with Gasteiger partial charge in [0.15, 0.2) is 0 Å². The summed E-state index contributed by atoms with van der Waals surface area (Å²) in [6.45, 7) is 3.29. The molecular formula is C11H23NO. The predicted molar refractivity (Wildman–Crippen MR) is 55.8 cm³/mol. The normalized spacial score (nSPS) is 25.8. The van der Waals surface area contributed by atoms with E-state index in [0.29, 0.717) is 6.04 Å². The fourth-order valence-corrected chi connectivity index (χ4v) is 2.01. The number of unbranched alkanes of at least 4 members (excludes halogenated alkanes) is 2. The number of aliphatic hydroxyl groups is 1. The van der Waals surface area contributed by atoms with Gasteiger partial charge in [-0.25, -0.2) is 0 Å². The first kappa shape index (κ1) is 11.0. The Balaban J connectivity index is 2.09. The summed E-state index contributed by atoms with van der Waals surface area (Å²) >= 11 is 0. The van der Waals surface area contributed by atoms with Gasteiger partial charge in [0.2, 0.25) is 0 Å². The van der Waals surface area contributed by atoms with E-state index in [2.05, 4.69) is 12.2 Å². The van der Waals surface area contributed by atoms with Crippen molar-refractivity contribution in [3.05, 3.63) is 0 Å². The lowest BCUT2D eigenvalue weighted by atomic mass is 9.96.